The lowest BCUT2D eigenvalue weighted by atomic mass is 10.0. The van der Waals surface area contributed by atoms with Gasteiger partial charge in [-0.25, -0.2) is 8.42 Å². The Bertz CT molecular complexity index is 1110. The number of aromatic nitrogens is 3. The first-order chi connectivity index (χ1) is 15.7. The Kier molecular flexibility index (Phi) is 9.25. The zero-order valence-electron chi connectivity index (χ0n) is 18.9. The van der Waals surface area contributed by atoms with Crippen molar-refractivity contribution >= 4 is 39.5 Å². The van der Waals surface area contributed by atoms with Crippen LogP contribution >= 0.6 is 11.8 Å². The number of nitrogens with zero attached hydrogens (tertiary/aromatic N) is 3. The molecule has 34 heavy (non-hydrogen) atoms. The molecule has 0 spiro atoms. The number of carbonyl (C=O) groups is 1. The summed E-state index contributed by atoms with van der Waals surface area (Å²) in [6.07, 6.45) is -3.25. The van der Waals surface area contributed by atoms with Crippen LogP contribution in [0.1, 0.15) is 43.1 Å². The van der Waals surface area contributed by atoms with Gasteiger partial charge < -0.3 is 10.4 Å². The number of aliphatic hydroxyl groups is 1. The molecule has 3 N–H and O–H groups in total. The fourth-order valence-electron chi connectivity index (χ4n) is 2.99. The van der Waals surface area contributed by atoms with Gasteiger partial charge in [-0.05, 0) is 25.3 Å². The van der Waals surface area contributed by atoms with E-state index in [4.69, 9.17) is 0 Å². The summed E-state index contributed by atoms with van der Waals surface area (Å²) in [6.45, 7) is 5.05. The van der Waals surface area contributed by atoms with Gasteiger partial charge in [-0.1, -0.05) is 43.8 Å². The van der Waals surface area contributed by atoms with Gasteiger partial charge in [-0.3, -0.25) is 9.52 Å². The summed E-state index contributed by atoms with van der Waals surface area (Å²) in [5.74, 6) is -0.962. The van der Waals surface area contributed by atoms with Gasteiger partial charge in [-0.2, -0.15) is 28.1 Å². The van der Waals surface area contributed by atoms with Gasteiger partial charge in [-0.15, -0.1) is 0 Å². The van der Waals surface area contributed by atoms with Gasteiger partial charge in [0.15, 0.2) is 10.9 Å². The zero-order valence-corrected chi connectivity index (χ0v) is 20.6. The summed E-state index contributed by atoms with van der Waals surface area (Å²) >= 11 is 0.752. The summed E-state index contributed by atoms with van der Waals surface area (Å²) < 4.78 is 65.4. The average Bonchev–Trinajstić information content (AvgIpc) is 2.70. The van der Waals surface area contributed by atoms with Crippen molar-refractivity contribution < 1.29 is 31.5 Å². The molecule has 0 aliphatic heterocycles. The third-order valence-electron chi connectivity index (χ3n) is 4.35. The second kappa shape index (κ2) is 11.3. The molecule has 0 fully saturated rings. The molecule has 0 radical (unpaired) electrons. The molecule has 0 aliphatic carbocycles. The van der Waals surface area contributed by atoms with Crippen LogP contribution in [0.3, 0.4) is 0 Å². The van der Waals surface area contributed by atoms with E-state index < -0.39 is 44.4 Å². The highest BCUT2D eigenvalue weighted by molar-refractivity contribution is 8.00. The molecular weight excluding hydrogens is 495 g/mol. The molecule has 2 aromatic rings. The Morgan fingerprint density at radius 3 is 2.29 bits per heavy atom. The van der Waals surface area contributed by atoms with Crippen LogP contribution in [0, 0.1) is 5.92 Å². The summed E-state index contributed by atoms with van der Waals surface area (Å²) in [6, 6.07) is 4.01. The van der Waals surface area contributed by atoms with Crippen LogP contribution in [0.25, 0.3) is 0 Å². The highest BCUT2D eigenvalue weighted by Gasteiger charge is 2.36. The molecule has 1 heterocycles. The average molecular weight is 522 g/mol. The van der Waals surface area contributed by atoms with Crippen molar-refractivity contribution in [3.63, 3.8) is 0 Å². The standard InChI is InChI=1S/C20H26F3N5O4S2/c1-11(2)9-13(10-29)24-17-25-18(28-34(4,31)32)27-19(26-17)33-12(3)16(30)14-7-5-6-8-15(14)20(21,22)23/h5-8,11-13,29H,9-10H2,1-4H3,(H2,24,25,26,27,28)/t12?,13-/m1/s1. The largest absolute Gasteiger partial charge is 0.417 e. The maximum Gasteiger partial charge on any atom is 0.417 e. The van der Waals surface area contributed by atoms with Crippen molar-refractivity contribution in [3.05, 3.63) is 35.4 Å². The quantitative estimate of drug-likeness (QED) is 0.300. The molecule has 14 heteroatoms. The minimum Gasteiger partial charge on any atom is -0.394 e. The van der Waals surface area contributed by atoms with Gasteiger partial charge in [0, 0.05) is 5.56 Å². The van der Waals surface area contributed by atoms with Crippen molar-refractivity contribution in [2.24, 2.45) is 5.92 Å². The summed E-state index contributed by atoms with van der Waals surface area (Å²) in [5, 5.41) is 11.4. The first-order valence-electron chi connectivity index (χ1n) is 10.2. The van der Waals surface area contributed by atoms with E-state index in [2.05, 4.69) is 25.0 Å². The molecule has 0 bridgehead atoms. The minimum atomic E-state index is -4.71. The fraction of sp³-hybridized carbons (Fsp3) is 0.500. The molecule has 0 aliphatic rings. The summed E-state index contributed by atoms with van der Waals surface area (Å²) in [5.41, 5.74) is -1.54. The smallest absolute Gasteiger partial charge is 0.394 e. The van der Waals surface area contributed by atoms with Crippen LogP contribution in [-0.2, 0) is 16.2 Å². The van der Waals surface area contributed by atoms with Crippen LogP contribution in [-0.4, -0.2) is 58.4 Å². The molecule has 2 atom stereocenters. The SMILES string of the molecule is CC(C)C[C@H](CO)Nc1nc(NS(C)(=O)=O)nc(SC(C)C(=O)c2ccccc2C(F)(F)F)n1. The van der Waals surface area contributed by atoms with Crippen molar-refractivity contribution in [2.75, 3.05) is 22.9 Å². The topological polar surface area (TPSA) is 134 Å². The predicted octanol–water partition coefficient (Wildman–Crippen LogP) is 3.44. The van der Waals surface area contributed by atoms with E-state index >= 15 is 0 Å². The number of Topliss-reactive ketones (excluding diaryl/α,β-unsaturated/α-hetero) is 1. The number of ketones is 1. The number of halogens is 3. The highest BCUT2D eigenvalue weighted by atomic mass is 32.2. The molecule has 2 rings (SSSR count). The van der Waals surface area contributed by atoms with Gasteiger partial charge in [0.25, 0.3) is 0 Å². The number of rotatable bonds is 11. The molecule has 0 saturated carbocycles. The van der Waals surface area contributed by atoms with Crippen molar-refractivity contribution in [1.29, 1.82) is 0 Å². The first-order valence-corrected chi connectivity index (χ1v) is 12.9. The van der Waals surface area contributed by atoms with Crippen molar-refractivity contribution in [2.45, 2.75) is 49.8 Å². The molecule has 0 saturated heterocycles. The number of carbonyl (C=O) groups excluding carboxylic acids is 1. The predicted molar refractivity (Wildman–Crippen MR) is 123 cm³/mol. The van der Waals surface area contributed by atoms with Crippen LogP contribution in [0.15, 0.2) is 29.4 Å². The molecule has 1 aromatic heterocycles. The van der Waals surface area contributed by atoms with E-state index in [1.165, 1.54) is 19.1 Å². The Balaban J connectivity index is 2.36. The van der Waals surface area contributed by atoms with Crippen LogP contribution in [0.5, 0.6) is 0 Å². The lowest BCUT2D eigenvalue weighted by Gasteiger charge is -2.19. The number of thioether (sulfide) groups is 1. The lowest BCUT2D eigenvalue weighted by Crippen LogP contribution is -2.27. The van der Waals surface area contributed by atoms with Crippen molar-refractivity contribution in [1.82, 2.24) is 15.0 Å². The van der Waals surface area contributed by atoms with Gasteiger partial charge >= 0.3 is 6.18 Å². The summed E-state index contributed by atoms with van der Waals surface area (Å²) in [4.78, 5) is 24.9. The lowest BCUT2D eigenvalue weighted by molar-refractivity contribution is -0.137. The molecule has 188 valence electrons. The second-order valence-electron chi connectivity index (χ2n) is 7.96. The van der Waals surface area contributed by atoms with E-state index in [0.717, 1.165) is 30.2 Å². The van der Waals surface area contributed by atoms with Crippen LogP contribution in [0.4, 0.5) is 25.1 Å². The normalized spacial score (nSPS) is 14.0. The zero-order chi connectivity index (χ0) is 25.7. The van der Waals surface area contributed by atoms with Crippen LogP contribution in [0.2, 0.25) is 0 Å². The number of alkyl halides is 3. The second-order valence-corrected chi connectivity index (χ2v) is 11.0. The third-order valence-corrected chi connectivity index (χ3v) is 5.86. The number of anilines is 2. The molecular formula is C20H26F3N5O4S2. The van der Waals surface area contributed by atoms with E-state index in [9.17, 15) is 31.5 Å². The Labute approximate surface area is 200 Å². The maximum absolute atomic E-state index is 13.3. The van der Waals surface area contributed by atoms with E-state index in [1.807, 2.05) is 13.8 Å². The van der Waals surface area contributed by atoms with E-state index in [-0.39, 0.29) is 29.6 Å². The van der Waals surface area contributed by atoms with Crippen LogP contribution < -0.4 is 10.0 Å². The number of hydrogen-bond acceptors (Lipinski definition) is 9. The van der Waals surface area contributed by atoms with Crippen molar-refractivity contribution in [3.8, 4) is 0 Å². The highest BCUT2D eigenvalue weighted by Crippen LogP contribution is 2.34. The number of aliphatic hydroxyl groups excluding tert-OH is 1. The molecule has 1 unspecified atom stereocenters. The van der Waals surface area contributed by atoms with E-state index in [1.54, 1.807) is 0 Å². The first kappa shape index (κ1) is 27.8. The molecule has 0 amide bonds. The number of nitrogens with one attached hydrogen (secondary N) is 2. The monoisotopic (exact) mass is 521 g/mol. The maximum atomic E-state index is 13.3. The molecule has 1 aromatic carbocycles. The Hall–Kier alpha value is -2.45. The molecule has 9 nitrogen and oxygen atoms in total. The third kappa shape index (κ3) is 8.40. The number of hydrogen-bond donors (Lipinski definition) is 3. The fourth-order valence-corrected chi connectivity index (χ4v) is 4.24. The number of benzene rings is 1. The van der Waals surface area contributed by atoms with Gasteiger partial charge in [0.1, 0.15) is 0 Å². The minimum absolute atomic E-state index is 0.0568. The van der Waals surface area contributed by atoms with E-state index in [0.29, 0.717) is 6.42 Å². The summed E-state index contributed by atoms with van der Waals surface area (Å²) in [7, 11) is -3.75. The van der Waals surface area contributed by atoms with Gasteiger partial charge in [0.2, 0.25) is 21.9 Å². The van der Waals surface area contributed by atoms with Gasteiger partial charge in [0.05, 0.1) is 29.7 Å². The number of sulfonamides is 1. The Morgan fingerprint density at radius 2 is 1.74 bits per heavy atom. The Morgan fingerprint density at radius 1 is 1.12 bits per heavy atom.